The molecular formula is C9H21NOS. The minimum Gasteiger partial charge on any atom is -0.317 e. The van der Waals surface area contributed by atoms with Crippen LogP contribution in [0, 0.1) is 0 Å². The largest absolute Gasteiger partial charge is 0.317 e. The lowest BCUT2D eigenvalue weighted by Crippen LogP contribution is -2.22. The molecule has 12 heavy (non-hydrogen) atoms. The Morgan fingerprint density at radius 2 is 2.08 bits per heavy atom. The molecule has 0 aromatic rings. The molecule has 0 saturated carbocycles. The molecule has 0 aromatic heterocycles. The number of nitrogens with one attached hydrogen (secondary N) is 1. The van der Waals surface area contributed by atoms with Crippen LogP contribution in [0.15, 0.2) is 0 Å². The van der Waals surface area contributed by atoms with Gasteiger partial charge in [-0.1, -0.05) is 20.3 Å². The maximum absolute atomic E-state index is 10.9. The summed E-state index contributed by atoms with van der Waals surface area (Å²) in [6.07, 6.45) is 5.27. The smallest absolute Gasteiger partial charge is 0.0329 e. The maximum Gasteiger partial charge on any atom is 0.0329 e. The van der Waals surface area contributed by atoms with Crippen LogP contribution >= 0.6 is 0 Å². The van der Waals surface area contributed by atoms with Crippen LogP contribution in [0.4, 0.5) is 0 Å². The molecule has 2 nitrogen and oxygen atoms in total. The Hall–Kier alpha value is 0.110. The summed E-state index contributed by atoms with van der Waals surface area (Å²) in [5, 5.41) is 3.67. The molecule has 0 amide bonds. The SMILES string of the molecule is CCCCNCCC(C)S(C)=O. The van der Waals surface area contributed by atoms with E-state index in [0.29, 0.717) is 5.25 Å². The second-order valence-electron chi connectivity index (χ2n) is 3.20. The van der Waals surface area contributed by atoms with Gasteiger partial charge in [0.2, 0.25) is 0 Å². The molecule has 0 aliphatic heterocycles. The second-order valence-corrected chi connectivity index (χ2v) is 5.00. The first-order valence-corrected chi connectivity index (χ1v) is 6.33. The van der Waals surface area contributed by atoms with E-state index in [1.807, 2.05) is 6.92 Å². The van der Waals surface area contributed by atoms with Crippen LogP contribution < -0.4 is 5.32 Å². The molecule has 0 rings (SSSR count). The molecule has 0 spiro atoms. The lowest BCUT2D eigenvalue weighted by Gasteiger charge is -2.08. The van der Waals surface area contributed by atoms with Gasteiger partial charge >= 0.3 is 0 Å². The highest BCUT2D eigenvalue weighted by molar-refractivity contribution is 7.84. The fourth-order valence-corrected chi connectivity index (χ4v) is 1.35. The van der Waals surface area contributed by atoms with Gasteiger partial charge in [0.15, 0.2) is 0 Å². The molecule has 2 atom stereocenters. The van der Waals surface area contributed by atoms with Gasteiger partial charge in [-0.3, -0.25) is 4.21 Å². The van der Waals surface area contributed by atoms with Crippen molar-refractivity contribution in [1.82, 2.24) is 5.32 Å². The predicted molar refractivity (Wildman–Crippen MR) is 55.9 cm³/mol. The Kier molecular flexibility index (Phi) is 7.81. The monoisotopic (exact) mass is 191 g/mol. The van der Waals surface area contributed by atoms with Crippen LogP contribution in [0.25, 0.3) is 0 Å². The first-order valence-electron chi connectivity index (χ1n) is 4.71. The molecule has 0 aliphatic rings. The van der Waals surface area contributed by atoms with Gasteiger partial charge in [-0.05, 0) is 25.9 Å². The number of hydrogen-bond acceptors (Lipinski definition) is 2. The zero-order valence-corrected chi connectivity index (χ0v) is 9.25. The Bertz CT molecular complexity index is 128. The van der Waals surface area contributed by atoms with E-state index in [1.165, 1.54) is 12.8 Å². The first kappa shape index (κ1) is 12.1. The van der Waals surface area contributed by atoms with Gasteiger partial charge in [0.05, 0.1) is 0 Å². The van der Waals surface area contributed by atoms with Crippen molar-refractivity contribution in [3.63, 3.8) is 0 Å². The lowest BCUT2D eigenvalue weighted by atomic mass is 10.3. The van der Waals surface area contributed by atoms with Crippen molar-refractivity contribution in [2.45, 2.75) is 38.4 Å². The van der Waals surface area contributed by atoms with Gasteiger partial charge in [0.1, 0.15) is 0 Å². The van der Waals surface area contributed by atoms with Gasteiger partial charge in [-0.15, -0.1) is 0 Å². The van der Waals surface area contributed by atoms with Crippen molar-refractivity contribution in [3.8, 4) is 0 Å². The van der Waals surface area contributed by atoms with E-state index in [4.69, 9.17) is 0 Å². The molecule has 3 heteroatoms. The predicted octanol–water partition coefficient (Wildman–Crippen LogP) is 1.53. The molecule has 0 fully saturated rings. The van der Waals surface area contributed by atoms with E-state index in [2.05, 4.69) is 12.2 Å². The summed E-state index contributed by atoms with van der Waals surface area (Å²) in [7, 11) is -0.658. The van der Waals surface area contributed by atoms with Gasteiger partial charge in [-0.2, -0.15) is 0 Å². The summed E-state index contributed by atoms with van der Waals surface area (Å²) in [5.41, 5.74) is 0. The van der Waals surface area contributed by atoms with Crippen LogP contribution in [0.1, 0.15) is 33.1 Å². The summed E-state index contributed by atoms with van der Waals surface area (Å²) >= 11 is 0. The van der Waals surface area contributed by atoms with Gasteiger partial charge in [0.25, 0.3) is 0 Å². The van der Waals surface area contributed by atoms with Crippen LogP contribution in [0.3, 0.4) is 0 Å². The maximum atomic E-state index is 10.9. The van der Waals surface area contributed by atoms with Crippen molar-refractivity contribution < 1.29 is 4.21 Å². The quantitative estimate of drug-likeness (QED) is 0.618. The highest BCUT2D eigenvalue weighted by Gasteiger charge is 2.03. The summed E-state index contributed by atoms with van der Waals surface area (Å²) < 4.78 is 10.9. The third-order valence-corrected chi connectivity index (χ3v) is 3.37. The van der Waals surface area contributed by atoms with Crippen molar-refractivity contribution in [3.05, 3.63) is 0 Å². The molecule has 74 valence electrons. The Morgan fingerprint density at radius 3 is 2.58 bits per heavy atom. The zero-order valence-electron chi connectivity index (χ0n) is 8.43. The van der Waals surface area contributed by atoms with Crippen molar-refractivity contribution in [2.75, 3.05) is 19.3 Å². The van der Waals surface area contributed by atoms with Crippen LogP contribution in [-0.4, -0.2) is 28.8 Å². The standard InChI is InChI=1S/C9H21NOS/c1-4-5-7-10-8-6-9(2)12(3)11/h9-10H,4-8H2,1-3H3. The summed E-state index contributed by atoms with van der Waals surface area (Å²) in [6.45, 7) is 6.32. The van der Waals surface area contributed by atoms with Crippen molar-refractivity contribution in [1.29, 1.82) is 0 Å². The van der Waals surface area contributed by atoms with Gasteiger partial charge in [0, 0.05) is 22.3 Å². The average Bonchev–Trinajstić information content (AvgIpc) is 2.03. The summed E-state index contributed by atoms with van der Waals surface area (Å²) in [5.74, 6) is 0. The van der Waals surface area contributed by atoms with E-state index in [-0.39, 0.29) is 0 Å². The van der Waals surface area contributed by atoms with Gasteiger partial charge in [-0.25, -0.2) is 0 Å². The fraction of sp³-hybridized carbons (Fsp3) is 1.00. The molecule has 0 saturated heterocycles. The van der Waals surface area contributed by atoms with Crippen LogP contribution in [-0.2, 0) is 10.8 Å². The van der Waals surface area contributed by atoms with E-state index in [1.54, 1.807) is 6.26 Å². The third-order valence-electron chi connectivity index (χ3n) is 2.00. The van der Waals surface area contributed by atoms with E-state index < -0.39 is 10.8 Å². The molecule has 0 radical (unpaired) electrons. The third kappa shape index (κ3) is 6.80. The second kappa shape index (κ2) is 7.74. The topological polar surface area (TPSA) is 29.1 Å². The first-order chi connectivity index (χ1) is 5.68. The number of rotatable bonds is 7. The molecule has 2 unspecified atom stereocenters. The van der Waals surface area contributed by atoms with E-state index >= 15 is 0 Å². The Balaban J connectivity index is 3.14. The molecule has 0 aliphatic carbocycles. The molecule has 0 aromatic carbocycles. The van der Waals surface area contributed by atoms with Crippen LogP contribution in [0.5, 0.6) is 0 Å². The number of unbranched alkanes of at least 4 members (excludes halogenated alkanes) is 1. The molecule has 1 N–H and O–H groups in total. The minimum absolute atomic E-state index is 0.333. The Morgan fingerprint density at radius 1 is 1.42 bits per heavy atom. The normalized spacial score (nSPS) is 15.9. The van der Waals surface area contributed by atoms with E-state index in [9.17, 15) is 4.21 Å². The zero-order chi connectivity index (χ0) is 9.40. The van der Waals surface area contributed by atoms with Crippen molar-refractivity contribution in [2.24, 2.45) is 0 Å². The highest BCUT2D eigenvalue weighted by Crippen LogP contribution is 1.97. The molecule has 0 heterocycles. The van der Waals surface area contributed by atoms with Crippen LogP contribution in [0.2, 0.25) is 0 Å². The van der Waals surface area contributed by atoms with Gasteiger partial charge < -0.3 is 5.32 Å². The molecule has 0 bridgehead atoms. The van der Waals surface area contributed by atoms with E-state index in [0.717, 1.165) is 19.5 Å². The molecular weight excluding hydrogens is 170 g/mol. The minimum atomic E-state index is -0.658. The summed E-state index contributed by atoms with van der Waals surface area (Å²) in [4.78, 5) is 0. The average molecular weight is 191 g/mol. The Labute approximate surface area is 78.6 Å². The van der Waals surface area contributed by atoms with Crippen molar-refractivity contribution >= 4 is 10.8 Å². The highest BCUT2D eigenvalue weighted by atomic mass is 32.2. The fourth-order valence-electron chi connectivity index (χ4n) is 0.898. The number of hydrogen-bond donors (Lipinski definition) is 1. The lowest BCUT2D eigenvalue weighted by molar-refractivity contribution is 0.607. The summed E-state index contributed by atoms with van der Waals surface area (Å²) in [6, 6.07) is 0.